The number of ether oxygens (including phenoxy) is 4. The minimum atomic E-state index is -0.720. The van der Waals surface area contributed by atoms with Crippen LogP contribution in [0.5, 0.6) is 0 Å². The lowest BCUT2D eigenvalue weighted by atomic mass is 10.1. The van der Waals surface area contributed by atoms with Crippen LogP contribution < -0.4 is 16.0 Å². The lowest BCUT2D eigenvalue weighted by Crippen LogP contribution is -2.38. The molecule has 0 unspecified atom stereocenters. The highest BCUT2D eigenvalue weighted by atomic mass is 16.6. The van der Waals surface area contributed by atoms with Gasteiger partial charge < -0.3 is 34.4 Å². The average Bonchev–Trinajstić information content (AvgIpc) is 3.60. The van der Waals surface area contributed by atoms with Gasteiger partial charge in [0.15, 0.2) is 11.5 Å². The molecule has 4 rings (SSSR count). The van der Waals surface area contributed by atoms with Crippen molar-refractivity contribution < 1.29 is 42.5 Å². The van der Waals surface area contributed by atoms with Crippen LogP contribution in [0.25, 0.3) is 11.5 Å². The van der Waals surface area contributed by atoms with E-state index in [1.165, 1.54) is 11.2 Å². The van der Waals surface area contributed by atoms with Crippen LogP contribution in [-0.4, -0.2) is 94.3 Å². The summed E-state index contributed by atoms with van der Waals surface area (Å²) < 4.78 is 29.2. The molecule has 3 amide bonds. The molecule has 0 aliphatic heterocycles. The van der Waals surface area contributed by atoms with E-state index in [2.05, 4.69) is 20.4 Å². The fraction of sp³-hybridized carbons (Fsp3) is 0.605. The maximum Gasteiger partial charge on any atom is 0.416 e. The fourth-order valence-electron chi connectivity index (χ4n) is 5.24. The van der Waals surface area contributed by atoms with Crippen molar-refractivity contribution in [3.05, 3.63) is 47.7 Å². The van der Waals surface area contributed by atoms with Gasteiger partial charge in [-0.1, -0.05) is 12.8 Å². The molecule has 0 bridgehead atoms. The van der Waals surface area contributed by atoms with Crippen molar-refractivity contribution in [3.8, 4) is 11.5 Å². The third-order valence-electron chi connectivity index (χ3n) is 7.94. The Morgan fingerprint density at radius 1 is 0.963 bits per heavy atom. The van der Waals surface area contributed by atoms with Gasteiger partial charge in [-0.2, -0.15) is 5.10 Å². The Balaban J connectivity index is 1.19. The number of oxazole rings is 1. The molecule has 16 heteroatoms. The molecule has 0 spiro atoms. The number of Topliss-reactive ketones (excluding diaryl/α,β-unsaturated/α-hetero) is 1. The highest BCUT2D eigenvalue weighted by molar-refractivity contribution is 5.99. The fourth-order valence-corrected chi connectivity index (χ4v) is 5.24. The molecule has 0 aromatic carbocycles. The first-order valence-electron chi connectivity index (χ1n) is 18.5. The number of pyridine rings is 1. The number of primary amides is 1. The number of nitrogens with zero attached hydrogens (tertiary/aromatic N) is 5. The van der Waals surface area contributed by atoms with Gasteiger partial charge in [0.05, 0.1) is 19.8 Å². The van der Waals surface area contributed by atoms with Crippen LogP contribution in [0.15, 0.2) is 35.2 Å². The zero-order valence-corrected chi connectivity index (χ0v) is 32.4. The number of rotatable bonds is 21. The Morgan fingerprint density at radius 3 is 2.35 bits per heavy atom. The van der Waals surface area contributed by atoms with E-state index in [1.54, 1.807) is 50.0 Å². The van der Waals surface area contributed by atoms with E-state index in [-0.39, 0.29) is 29.5 Å². The number of carbonyl (C=O) groups is 4. The maximum atomic E-state index is 13.3. The second kappa shape index (κ2) is 19.5. The van der Waals surface area contributed by atoms with Gasteiger partial charge in [0.2, 0.25) is 5.89 Å². The number of aromatic nitrogens is 4. The van der Waals surface area contributed by atoms with Gasteiger partial charge in [-0.05, 0) is 85.3 Å². The number of carbonyl (C=O) groups excluding carboxylic acids is 4. The zero-order valence-electron chi connectivity index (χ0n) is 32.4. The third-order valence-corrected chi connectivity index (χ3v) is 7.94. The van der Waals surface area contributed by atoms with Crippen LogP contribution in [-0.2, 0) is 31.9 Å². The van der Waals surface area contributed by atoms with Crippen molar-refractivity contribution in [1.82, 2.24) is 25.1 Å². The van der Waals surface area contributed by atoms with E-state index in [4.69, 9.17) is 29.1 Å². The Kier molecular flexibility index (Phi) is 15.1. The molecular formula is C38H55N7O9. The molecule has 3 N–H and O–H groups in total. The minimum Gasteiger partial charge on any atom is -0.444 e. The van der Waals surface area contributed by atoms with E-state index in [1.807, 2.05) is 20.8 Å². The van der Waals surface area contributed by atoms with Gasteiger partial charge >= 0.3 is 12.2 Å². The quantitative estimate of drug-likeness (QED) is 0.0990. The van der Waals surface area contributed by atoms with Crippen molar-refractivity contribution in [2.24, 2.45) is 11.7 Å². The van der Waals surface area contributed by atoms with Gasteiger partial charge in [0, 0.05) is 56.2 Å². The standard InChI is InChI=1S/C38H55N7O9/c1-37(2,3)53-35(48)41-15-18-51-20-19-50-17-10-8-7-9-16-44-24-28(32(43-44)33(39)47)21-30(46)29-25-52-34(42-29)27-13-14-40-31(22-27)45(23-26-11-12-26)36(49)54-38(4,5)6/h13-14,22,24-26H,7-12,15-21,23H2,1-6H3,(H2,39,47)(H,41,48). The highest BCUT2D eigenvalue weighted by Gasteiger charge is 2.31. The van der Waals surface area contributed by atoms with Crippen molar-refractivity contribution in [3.63, 3.8) is 0 Å². The lowest BCUT2D eigenvalue weighted by Gasteiger charge is -2.27. The number of alkyl carbamates (subject to hydrolysis) is 1. The first-order valence-corrected chi connectivity index (χ1v) is 18.5. The zero-order chi connectivity index (χ0) is 39.3. The maximum absolute atomic E-state index is 13.3. The monoisotopic (exact) mass is 753 g/mol. The minimum absolute atomic E-state index is 0.0416. The van der Waals surface area contributed by atoms with E-state index in [0.717, 1.165) is 38.5 Å². The summed E-state index contributed by atoms with van der Waals surface area (Å²) in [6.07, 6.45) is 9.04. The van der Waals surface area contributed by atoms with E-state index in [0.29, 0.717) is 68.9 Å². The van der Waals surface area contributed by atoms with Crippen LogP contribution in [0.4, 0.5) is 15.4 Å². The summed E-state index contributed by atoms with van der Waals surface area (Å²) in [6.45, 7) is 14.1. The van der Waals surface area contributed by atoms with Crippen molar-refractivity contribution in [2.75, 3.05) is 44.4 Å². The topological polar surface area (TPSA) is 203 Å². The Labute approximate surface area is 316 Å². The van der Waals surface area contributed by atoms with Gasteiger partial charge in [-0.15, -0.1) is 0 Å². The smallest absolute Gasteiger partial charge is 0.416 e. The van der Waals surface area contributed by atoms with Gasteiger partial charge in [0.1, 0.15) is 29.0 Å². The number of nitrogens with one attached hydrogen (secondary N) is 1. The van der Waals surface area contributed by atoms with Gasteiger partial charge in [-0.25, -0.2) is 19.6 Å². The molecule has 1 aliphatic rings. The third kappa shape index (κ3) is 14.5. The number of anilines is 1. The van der Waals surface area contributed by atoms with Gasteiger partial charge in [-0.3, -0.25) is 19.2 Å². The molecule has 0 atom stereocenters. The summed E-state index contributed by atoms with van der Waals surface area (Å²) in [5, 5.41) is 6.98. The highest BCUT2D eigenvalue weighted by Crippen LogP contribution is 2.33. The SMILES string of the molecule is CC(C)(C)OC(=O)NCCOCCOCCCCCCn1cc(CC(=O)c2coc(-c3ccnc(N(CC4CC4)C(=O)OC(C)(C)C)c3)n2)c(C(N)=O)n1. The molecule has 3 aromatic rings. The molecule has 3 aromatic heterocycles. The van der Waals surface area contributed by atoms with Crippen LogP contribution >= 0.6 is 0 Å². The summed E-state index contributed by atoms with van der Waals surface area (Å²) in [7, 11) is 0. The van der Waals surface area contributed by atoms with Gasteiger partial charge in [0.25, 0.3) is 5.91 Å². The molecule has 296 valence electrons. The molecule has 0 saturated heterocycles. The molecule has 54 heavy (non-hydrogen) atoms. The summed E-state index contributed by atoms with van der Waals surface area (Å²) in [5.74, 6) is -0.111. The molecule has 0 radical (unpaired) electrons. The Bertz CT molecular complexity index is 1700. The predicted octanol–water partition coefficient (Wildman–Crippen LogP) is 5.73. The Morgan fingerprint density at radius 2 is 1.67 bits per heavy atom. The number of hydrogen-bond acceptors (Lipinski definition) is 12. The summed E-state index contributed by atoms with van der Waals surface area (Å²) in [5.41, 5.74) is 5.47. The van der Waals surface area contributed by atoms with Crippen molar-refractivity contribution in [2.45, 2.75) is 104 Å². The van der Waals surface area contributed by atoms with E-state index >= 15 is 0 Å². The number of aryl methyl sites for hydroxylation is 1. The number of ketones is 1. The van der Waals surface area contributed by atoms with Crippen molar-refractivity contribution >= 4 is 29.7 Å². The number of amides is 3. The molecule has 3 heterocycles. The molecule has 1 saturated carbocycles. The first-order chi connectivity index (χ1) is 25.6. The summed E-state index contributed by atoms with van der Waals surface area (Å²) >= 11 is 0. The Hall–Kier alpha value is -4.83. The number of nitrogens with two attached hydrogens (primary N) is 1. The summed E-state index contributed by atoms with van der Waals surface area (Å²) in [6, 6.07) is 3.37. The van der Waals surface area contributed by atoms with E-state index < -0.39 is 29.3 Å². The number of unbranched alkanes of at least 4 members (excludes halogenated alkanes) is 3. The van der Waals surface area contributed by atoms with Crippen LogP contribution in [0.1, 0.15) is 107 Å². The normalized spacial score (nSPS) is 13.1. The van der Waals surface area contributed by atoms with Crippen LogP contribution in [0, 0.1) is 5.92 Å². The van der Waals surface area contributed by atoms with Crippen LogP contribution in [0.2, 0.25) is 0 Å². The molecule has 1 aliphatic carbocycles. The largest absolute Gasteiger partial charge is 0.444 e. The summed E-state index contributed by atoms with van der Waals surface area (Å²) in [4.78, 5) is 60.4. The molecule has 1 fully saturated rings. The van der Waals surface area contributed by atoms with Crippen LogP contribution in [0.3, 0.4) is 0 Å². The predicted molar refractivity (Wildman–Crippen MR) is 199 cm³/mol. The second-order valence-corrected chi connectivity index (χ2v) is 15.3. The first kappa shape index (κ1) is 41.9. The van der Waals surface area contributed by atoms with E-state index in [9.17, 15) is 19.2 Å². The lowest BCUT2D eigenvalue weighted by molar-refractivity contribution is 0.0390. The number of hydrogen-bond donors (Lipinski definition) is 2. The molecular weight excluding hydrogens is 698 g/mol. The average molecular weight is 754 g/mol. The van der Waals surface area contributed by atoms with Crippen molar-refractivity contribution in [1.29, 1.82) is 0 Å². The molecule has 16 nitrogen and oxygen atoms in total. The second-order valence-electron chi connectivity index (χ2n) is 15.3.